The predicted octanol–water partition coefficient (Wildman–Crippen LogP) is 4.32. The fourth-order valence-electron chi connectivity index (χ4n) is 2.64. The molecule has 0 saturated carbocycles. The molecule has 0 unspecified atom stereocenters. The minimum atomic E-state index is -0.401. The van der Waals surface area contributed by atoms with E-state index in [-0.39, 0.29) is 12.3 Å². The Hall–Kier alpha value is -3.40. The largest absolute Gasteiger partial charge is 0.465 e. The van der Waals surface area contributed by atoms with Gasteiger partial charge in [-0.2, -0.15) is 0 Å². The van der Waals surface area contributed by atoms with Crippen molar-refractivity contribution in [2.75, 3.05) is 12.4 Å². The van der Waals surface area contributed by atoms with E-state index in [9.17, 15) is 9.59 Å². The van der Waals surface area contributed by atoms with Gasteiger partial charge in [-0.3, -0.25) is 4.79 Å². The number of amides is 1. The standard InChI is InChI=1S/C22H19NO3/c1-26-22(25)19-11-13-20(14-12-19)23-21(24)15-16-7-9-18(10-8-16)17-5-3-2-4-6-17/h2-14H,15H2,1H3,(H,23,24). The maximum absolute atomic E-state index is 12.2. The summed E-state index contributed by atoms with van der Waals surface area (Å²) in [6, 6.07) is 24.7. The first kappa shape index (κ1) is 17.4. The molecule has 0 radical (unpaired) electrons. The van der Waals surface area contributed by atoms with Gasteiger partial charge in [0.2, 0.25) is 5.91 Å². The number of carbonyl (C=O) groups is 2. The van der Waals surface area contributed by atoms with Crippen molar-refractivity contribution in [1.82, 2.24) is 0 Å². The van der Waals surface area contributed by atoms with E-state index in [2.05, 4.69) is 22.2 Å². The Balaban J connectivity index is 1.60. The van der Waals surface area contributed by atoms with Crippen molar-refractivity contribution >= 4 is 17.6 Å². The van der Waals surface area contributed by atoms with E-state index >= 15 is 0 Å². The van der Waals surface area contributed by atoms with Crippen LogP contribution in [0.1, 0.15) is 15.9 Å². The van der Waals surface area contributed by atoms with Crippen molar-refractivity contribution in [2.45, 2.75) is 6.42 Å². The maximum Gasteiger partial charge on any atom is 0.337 e. The minimum absolute atomic E-state index is 0.108. The molecule has 0 atom stereocenters. The van der Waals surface area contributed by atoms with Gasteiger partial charge in [0.1, 0.15) is 0 Å². The van der Waals surface area contributed by atoms with Gasteiger partial charge in [0.15, 0.2) is 0 Å². The summed E-state index contributed by atoms with van der Waals surface area (Å²) >= 11 is 0. The van der Waals surface area contributed by atoms with E-state index < -0.39 is 5.97 Å². The molecule has 4 heteroatoms. The average molecular weight is 345 g/mol. The van der Waals surface area contributed by atoms with Crippen molar-refractivity contribution in [2.24, 2.45) is 0 Å². The SMILES string of the molecule is COC(=O)c1ccc(NC(=O)Cc2ccc(-c3ccccc3)cc2)cc1. The molecule has 0 saturated heterocycles. The van der Waals surface area contributed by atoms with E-state index in [0.717, 1.165) is 16.7 Å². The lowest BCUT2D eigenvalue weighted by Gasteiger charge is -2.07. The Labute approximate surface area is 152 Å². The molecule has 3 aromatic rings. The first-order valence-electron chi connectivity index (χ1n) is 8.28. The number of carbonyl (C=O) groups excluding carboxylic acids is 2. The third kappa shape index (κ3) is 4.36. The first-order valence-corrected chi connectivity index (χ1v) is 8.28. The van der Waals surface area contributed by atoms with Gasteiger partial charge in [0.05, 0.1) is 19.1 Å². The zero-order chi connectivity index (χ0) is 18.4. The van der Waals surface area contributed by atoms with Crippen LogP contribution in [-0.2, 0) is 16.0 Å². The number of hydrogen-bond acceptors (Lipinski definition) is 3. The molecule has 4 nitrogen and oxygen atoms in total. The van der Waals surface area contributed by atoms with Crippen molar-refractivity contribution in [1.29, 1.82) is 0 Å². The van der Waals surface area contributed by atoms with Gasteiger partial charge in [0.25, 0.3) is 0 Å². The summed E-state index contributed by atoms with van der Waals surface area (Å²) in [7, 11) is 1.33. The van der Waals surface area contributed by atoms with Gasteiger partial charge in [-0.1, -0.05) is 54.6 Å². The minimum Gasteiger partial charge on any atom is -0.465 e. The monoisotopic (exact) mass is 345 g/mol. The zero-order valence-electron chi connectivity index (χ0n) is 14.4. The Morgan fingerprint density at radius 2 is 1.42 bits per heavy atom. The highest BCUT2D eigenvalue weighted by Gasteiger charge is 2.07. The number of rotatable bonds is 5. The van der Waals surface area contributed by atoms with Gasteiger partial charge >= 0.3 is 5.97 Å². The van der Waals surface area contributed by atoms with Crippen molar-refractivity contribution < 1.29 is 14.3 Å². The van der Waals surface area contributed by atoms with E-state index in [1.807, 2.05) is 42.5 Å². The third-order valence-corrected chi connectivity index (χ3v) is 4.02. The second-order valence-electron chi connectivity index (χ2n) is 5.86. The van der Waals surface area contributed by atoms with Crippen molar-refractivity contribution in [3.05, 3.63) is 90.0 Å². The highest BCUT2D eigenvalue weighted by atomic mass is 16.5. The summed E-state index contributed by atoms with van der Waals surface area (Å²) in [4.78, 5) is 23.6. The highest BCUT2D eigenvalue weighted by molar-refractivity contribution is 5.94. The van der Waals surface area contributed by atoms with Gasteiger partial charge in [-0.05, 0) is 41.0 Å². The number of ether oxygens (including phenoxy) is 1. The van der Waals surface area contributed by atoms with Crippen LogP contribution in [0.3, 0.4) is 0 Å². The van der Waals surface area contributed by atoms with Crippen LogP contribution in [0.4, 0.5) is 5.69 Å². The lowest BCUT2D eigenvalue weighted by atomic mass is 10.0. The molecule has 130 valence electrons. The Bertz CT molecular complexity index is 885. The molecule has 0 aliphatic heterocycles. The van der Waals surface area contributed by atoms with Crippen LogP contribution >= 0.6 is 0 Å². The van der Waals surface area contributed by atoms with E-state index in [1.165, 1.54) is 7.11 Å². The molecule has 0 bridgehead atoms. The summed E-state index contributed by atoms with van der Waals surface area (Å²) in [5, 5.41) is 2.83. The number of methoxy groups -OCH3 is 1. The summed E-state index contributed by atoms with van der Waals surface area (Å²) < 4.78 is 4.65. The predicted molar refractivity (Wildman–Crippen MR) is 102 cm³/mol. The molecule has 26 heavy (non-hydrogen) atoms. The summed E-state index contributed by atoms with van der Waals surface area (Å²) in [6.07, 6.45) is 0.286. The molecule has 1 N–H and O–H groups in total. The van der Waals surface area contributed by atoms with Gasteiger partial charge in [-0.25, -0.2) is 4.79 Å². The van der Waals surface area contributed by atoms with Crippen LogP contribution in [0.2, 0.25) is 0 Å². The number of esters is 1. The highest BCUT2D eigenvalue weighted by Crippen LogP contribution is 2.19. The second-order valence-corrected chi connectivity index (χ2v) is 5.86. The van der Waals surface area contributed by atoms with Crippen LogP contribution in [0.5, 0.6) is 0 Å². The fraction of sp³-hybridized carbons (Fsp3) is 0.0909. The molecule has 0 fully saturated rings. The zero-order valence-corrected chi connectivity index (χ0v) is 14.4. The van der Waals surface area contributed by atoms with Gasteiger partial charge in [0, 0.05) is 5.69 Å². The maximum atomic E-state index is 12.2. The third-order valence-electron chi connectivity index (χ3n) is 4.02. The smallest absolute Gasteiger partial charge is 0.337 e. The molecule has 3 rings (SSSR count). The number of anilines is 1. The Morgan fingerprint density at radius 1 is 0.808 bits per heavy atom. The Morgan fingerprint density at radius 3 is 2.04 bits per heavy atom. The lowest BCUT2D eigenvalue weighted by molar-refractivity contribution is -0.115. The van der Waals surface area contributed by atoms with E-state index in [1.54, 1.807) is 24.3 Å². The normalized spacial score (nSPS) is 10.2. The number of benzene rings is 3. The summed E-state index contributed by atoms with van der Waals surface area (Å²) in [5.74, 6) is -0.510. The second kappa shape index (κ2) is 8.12. The quantitative estimate of drug-likeness (QED) is 0.701. The average Bonchev–Trinajstić information content (AvgIpc) is 2.69. The van der Waals surface area contributed by atoms with Crippen LogP contribution in [-0.4, -0.2) is 19.0 Å². The lowest BCUT2D eigenvalue weighted by Crippen LogP contribution is -2.14. The van der Waals surface area contributed by atoms with Crippen LogP contribution in [0, 0.1) is 0 Å². The molecule has 0 aromatic heterocycles. The number of nitrogens with one attached hydrogen (secondary N) is 1. The fourth-order valence-corrected chi connectivity index (χ4v) is 2.64. The van der Waals surface area contributed by atoms with E-state index in [4.69, 9.17) is 0 Å². The summed E-state index contributed by atoms with van der Waals surface area (Å²) in [6.45, 7) is 0. The van der Waals surface area contributed by atoms with E-state index in [0.29, 0.717) is 11.3 Å². The Kier molecular flexibility index (Phi) is 5.44. The van der Waals surface area contributed by atoms with Gasteiger partial charge in [-0.15, -0.1) is 0 Å². The van der Waals surface area contributed by atoms with Crippen molar-refractivity contribution in [3.8, 4) is 11.1 Å². The van der Waals surface area contributed by atoms with Crippen LogP contribution < -0.4 is 5.32 Å². The van der Waals surface area contributed by atoms with Crippen molar-refractivity contribution in [3.63, 3.8) is 0 Å². The molecule has 0 heterocycles. The van der Waals surface area contributed by atoms with Crippen LogP contribution in [0.25, 0.3) is 11.1 Å². The van der Waals surface area contributed by atoms with Gasteiger partial charge < -0.3 is 10.1 Å². The molecule has 0 aliphatic rings. The summed E-state index contributed by atoms with van der Waals surface area (Å²) in [5.41, 5.74) is 4.29. The molecule has 0 spiro atoms. The molecule has 3 aromatic carbocycles. The molecular formula is C22H19NO3. The molecule has 1 amide bonds. The molecule has 0 aliphatic carbocycles. The molecular weight excluding hydrogens is 326 g/mol. The topological polar surface area (TPSA) is 55.4 Å². The van der Waals surface area contributed by atoms with Crippen LogP contribution in [0.15, 0.2) is 78.9 Å². The first-order chi connectivity index (χ1) is 12.7. The number of hydrogen-bond donors (Lipinski definition) is 1.